The number of sulfone groups is 1. The number of hydrogen-bond acceptors (Lipinski definition) is 2. The summed E-state index contributed by atoms with van der Waals surface area (Å²) in [4.78, 5) is 0. The van der Waals surface area contributed by atoms with Gasteiger partial charge < -0.3 is 0 Å². The van der Waals surface area contributed by atoms with E-state index in [-0.39, 0.29) is 5.41 Å². The fourth-order valence-corrected chi connectivity index (χ4v) is 6.81. The molecule has 0 N–H and O–H groups in total. The molecule has 12 heavy (non-hydrogen) atoms. The second-order valence-electron chi connectivity index (χ2n) is 3.95. The Labute approximate surface area is 80.5 Å². The fraction of sp³-hybridized carbons (Fsp3) is 0.750. The molecule has 0 aliphatic carbocycles. The average molecular weight is 253 g/mol. The predicted octanol–water partition coefficient (Wildman–Crippen LogP) is 1.42. The van der Waals surface area contributed by atoms with Crippen molar-refractivity contribution < 1.29 is 8.42 Å². The molecule has 0 spiro atoms. The molecule has 0 saturated heterocycles. The SMILES string of the molecule is CC(C)(C)C1=CS(=O)(=O)CC[Se]1. The second-order valence-corrected chi connectivity index (χ2v) is 8.30. The molecule has 1 rings (SSSR count). The molecule has 0 atom stereocenters. The van der Waals surface area contributed by atoms with E-state index in [0.29, 0.717) is 20.7 Å². The van der Waals surface area contributed by atoms with Crippen LogP contribution in [0.3, 0.4) is 0 Å². The summed E-state index contributed by atoms with van der Waals surface area (Å²) in [6.07, 6.45) is 0. The Morgan fingerprint density at radius 3 is 2.33 bits per heavy atom. The first kappa shape index (κ1) is 10.3. The van der Waals surface area contributed by atoms with E-state index < -0.39 is 9.84 Å². The maximum atomic E-state index is 11.2. The van der Waals surface area contributed by atoms with Crippen molar-refractivity contribution in [3.05, 3.63) is 9.88 Å². The van der Waals surface area contributed by atoms with Crippen molar-refractivity contribution in [2.75, 3.05) is 5.75 Å². The van der Waals surface area contributed by atoms with Gasteiger partial charge in [-0.1, -0.05) is 0 Å². The van der Waals surface area contributed by atoms with E-state index >= 15 is 0 Å². The molecule has 0 aromatic heterocycles. The van der Waals surface area contributed by atoms with E-state index in [9.17, 15) is 8.42 Å². The molecule has 0 amide bonds. The van der Waals surface area contributed by atoms with Crippen LogP contribution >= 0.6 is 0 Å². The molecular formula is C8H14O2SSe. The molecule has 1 heterocycles. The molecule has 0 aromatic rings. The maximum absolute atomic E-state index is 11.2. The van der Waals surface area contributed by atoms with Gasteiger partial charge in [0.25, 0.3) is 0 Å². The van der Waals surface area contributed by atoms with Gasteiger partial charge in [0.1, 0.15) is 0 Å². The first-order valence-electron chi connectivity index (χ1n) is 3.89. The average Bonchev–Trinajstić information content (AvgIpc) is 1.83. The van der Waals surface area contributed by atoms with Crippen molar-refractivity contribution in [3.63, 3.8) is 0 Å². The Hall–Kier alpha value is 0.209. The van der Waals surface area contributed by atoms with E-state index in [2.05, 4.69) is 20.8 Å². The molecule has 70 valence electrons. The van der Waals surface area contributed by atoms with Crippen LogP contribution in [0.2, 0.25) is 5.32 Å². The van der Waals surface area contributed by atoms with Crippen LogP contribution in [-0.2, 0) is 9.84 Å². The van der Waals surface area contributed by atoms with Gasteiger partial charge in [-0.25, -0.2) is 0 Å². The Kier molecular flexibility index (Phi) is 2.72. The minimum atomic E-state index is -2.86. The first-order chi connectivity index (χ1) is 5.31. The van der Waals surface area contributed by atoms with Gasteiger partial charge in [-0.15, -0.1) is 0 Å². The molecule has 1 aliphatic rings. The van der Waals surface area contributed by atoms with E-state index in [1.165, 1.54) is 5.41 Å². The van der Waals surface area contributed by atoms with E-state index in [4.69, 9.17) is 0 Å². The van der Waals surface area contributed by atoms with Gasteiger partial charge in [-0.05, 0) is 0 Å². The van der Waals surface area contributed by atoms with Crippen molar-refractivity contribution in [1.82, 2.24) is 0 Å². The van der Waals surface area contributed by atoms with Gasteiger partial charge in [0.05, 0.1) is 0 Å². The van der Waals surface area contributed by atoms with Crippen LogP contribution in [0.1, 0.15) is 20.8 Å². The third kappa shape index (κ3) is 2.61. The van der Waals surface area contributed by atoms with Crippen molar-refractivity contribution in [1.29, 1.82) is 0 Å². The molecule has 0 fully saturated rings. The first-order valence-corrected chi connectivity index (χ1v) is 7.67. The summed E-state index contributed by atoms with van der Waals surface area (Å²) < 4.78 is 23.6. The normalized spacial score (nSPS) is 23.4. The minimum absolute atomic E-state index is 0.0352. The van der Waals surface area contributed by atoms with Crippen LogP contribution in [0, 0.1) is 5.41 Å². The number of hydrogen-bond donors (Lipinski definition) is 0. The Balaban J connectivity index is 3.01. The zero-order valence-electron chi connectivity index (χ0n) is 7.62. The van der Waals surface area contributed by atoms with Crippen LogP contribution in [0.5, 0.6) is 0 Å². The van der Waals surface area contributed by atoms with E-state index in [1.807, 2.05) is 0 Å². The van der Waals surface area contributed by atoms with Crippen LogP contribution in [0.15, 0.2) is 9.88 Å². The van der Waals surface area contributed by atoms with Crippen LogP contribution in [-0.4, -0.2) is 29.1 Å². The van der Waals surface area contributed by atoms with E-state index in [0.717, 1.165) is 9.79 Å². The quantitative estimate of drug-likeness (QED) is 0.612. The summed E-state index contributed by atoms with van der Waals surface area (Å²) in [5.74, 6) is 0.354. The fourth-order valence-electron chi connectivity index (χ4n) is 0.917. The van der Waals surface area contributed by atoms with Gasteiger partial charge >= 0.3 is 80.3 Å². The summed E-state index contributed by atoms with van der Waals surface area (Å²) in [5.41, 5.74) is 0.0352. The Morgan fingerprint density at radius 2 is 2.00 bits per heavy atom. The molecule has 4 heteroatoms. The zero-order valence-corrected chi connectivity index (χ0v) is 10.2. The van der Waals surface area contributed by atoms with Gasteiger partial charge in [-0.3, -0.25) is 0 Å². The predicted molar refractivity (Wildman–Crippen MR) is 51.9 cm³/mol. The standard InChI is InChI=1S/C8H14O2SSe/c1-8(2,3)7-6-11(9,10)4-5-12-7/h6H,4-5H2,1-3H3. The topological polar surface area (TPSA) is 34.1 Å². The number of allylic oxidation sites excluding steroid dienone is 1. The monoisotopic (exact) mass is 254 g/mol. The molecule has 0 aromatic carbocycles. The van der Waals surface area contributed by atoms with Crippen molar-refractivity contribution in [2.24, 2.45) is 5.41 Å². The Bertz CT molecular complexity index is 296. The van der Waals surface area contributed by atoms with Crippen molar-refractivity contribution in [2.45, 2.75) is 26.1 Å². The Morgan fingerprint density at radius 1 is 1.42 bits per heavy atom. The summed E-state index contributed by atoms with van der Waals surface area (Å²) in [7, 11) is -2.86. The molecule has 0 bridgehead atoms. The molecule has 0 saturated carbocycles. The van der Waals surface area contributed by atoms with Gasteiger partial charge in [0, 0.05) is 0 Å². The van der Waals surface area contributed by atoms with Gasteiger partial charge in [0.2, 0.25) is 0 Å². The summed E-state index contributed by atoms with van der Waals surface area (Å²) >= 11 is 0.392. The van der Waals surface area contributed by atoms with Crippen LogP contribution in [0.25, 0.3) is 0 Å². The van der Waals surface area contributed by atoms with Gasteiger partial charge in [0.15, 0.2) is 0 Å². The van der Waals surface area contributed by atoms with Crippen LogP contribution in [0.4, 0.5) is 0 Å². The third-order valence-electron chi connectivity index (χ3n) is 1.65. The summed E-state index contributed by atoms with van der Waals surface area (Å²) in [6, 6.07) is 0. The number of rotatable bonds is 0. The van der Waals surface area contributed by atoms with Crippen molar-refractivity contribution >= 4 is 24.8 Å². The second kappa shape index (κ2) is 3.17. The molecule has 1 aliphatic heterocycles. The molecular weight excluding hydrogens is 239 g/mol. The summed E-state index contributed by atoms with van der Waals surface area (Å²) in [6.45, 7) is 6.21. The molecule has 0 unspecified atom stereocenters. The summed E-state index contributed by atoms with van der Waals surface area (Å²) in [5, 5.41) is 2.34. The molecule has 2 nitrogen and oxygen atoms in total. The van der Waals surface area contributed by atoms with Gasteiger partial charge in [-0.2, -0.15) is 0 Å². The zero-order chi connectivity index (χ0) is 9.41. The van der Waals surface area contributed by atoms with Crippen LogP contribution < -0.4 is 0 Å². The van der Waals surface area contributed by atoms with Crippen molar-refractivity contribution in [3.8, 4) is 0 Å². The third-order valence-corrected chi connectivity index (χ3v) is 6.98. The molecule has 0 radical (unpaired) electrons. The van der Waals surface area contributed by atoms with E-state index in [1.54, 1.807) is 0 Å².